The van der Waals surface area contributed by atoms with E-state index in [1.807, 2.05) is 36.4 Å². The van der Waals surface area contributed by atoms with E-state index < -0.39 is 0 Å². The highest BCUT2D eigenvalue weighted by atomic mass is 35.5. The van der Waals surface area contributed by atoms with Gasteiger partial charge in [-0.25, -0.2) is 0 Å². The molecule has 2 amide bonds. The molecule has 0 aliphatic rings. The molecule has 0 saturated heterocycles. The molecule has 0 heterocycles. The molecule has 0 spiro atoms. The van der Waals surface area contributed by atoms with E-state index in [9.17, 15) is 9.59 Å². The summed E-state index contributed by atoms with van der Waals surface area (Å²) in [6.45, 7) is 0. The first-order valence-corrected chi connectivity index (χ1v) is 9.84. The second kappa shape index (κ2) is 10.4. The van der Waals surface area contributed by atoms with Crippen LogP contribution < -0.4 is 10.6 Å². The van der Waals surface area contributed by atoms with E-state index in [0.717, 1.165) is 11.1 Å². The summed E-state index contributed by atoms with van der Waals surface area (Å²) < 4.78 is 0. The van der Waals surface area contributed by atoms with E-state index in [1.165, 1.54) is 12.2 Å². The zero-order chi connectivity index (χ0) is 21.3. The summed E-state index contributed by atoms with van der Waals surface area (Å²) in [7, 11) is 0. The van der Waals surface area contributed by atoms with Crippen molar-refractivity contribution in [1.29, 1.82) is 0 Å². The maximum atomic E-state index is 12.1. The van der Waals surface area contributed by atoms with E-state index in [1.54, 1.807) is 48.6 Å². The van der Waals surface area contributed by atoms with Crippen molar-refractivity contribution in [3.05, 3.63) is 106 Å². The Kier molecular flexibility index (Phi) is 7.44. The highest BCUT2D eigenvalue weighted by molar-refractivity contribution is 6.32. The van der Waals surface area contributed by atoms with Crippen molar-refractivity contribution in [3.63, 3.8) is 0 Å². The Hall–Kier alpha value is -3.34. The van der Waals surface area contributed by atoms with Crippen molar-refractivity contribution in [2.24, 2.45) is 0 Å². The second-order valence-electron chi connectivity index (χ2n) is 6.27. The molecule has 2 N–H and O–H groups in total. The van der Waals surface area contributed by atoms with Gasteiger partial charge < -0.3 is 10.6 Å². The number of amides is 2. The van der Waals surface area contributed by atoms with E-state index in [4.69, 9.17) is 23.2 Å². The maximum Gasteiger partial charge on any atom is 0.248 e. The van der Waals surface area contributed by atoms with Gasteiger partial charge in [-0.1, -0.05) is 59.6 Å². The lowest BCUT2D eigenvalue weighted by Gasteiger charge is -2.05. The minimum atomic E-state index is -0.283. The molecule has 0 atom stereocenters. The Morgan fingerprint density at radius 1 is 0.600 bits per heavy atom. The number of carbonyl (C=O) groups is 2. The fraction of sp³-hybridized carbons (Fsp3) is 0. The summed E-state index contributed by atoms with van der Waals surface area (Å²) in [5.74, 6) is -0.566. The highest BCUT2D eigenvalue weighted by Crippen LogP contribution is 2.18. The molecule has 3 aromatic rings. The molecule has 0 fully saturated rings. The topological polar surface area (TPSA) is 58.2 Å². The summed E-state index contributed by atoms with van der Waals surface area (Å²) >= 11 is 12.1. The molecule has 0 bridgehead atoms. The maximum absolute atomic E-state index is 12.1. The van der Waals surface area contributed by atoms with Crippen molar-refractivity contribution in [2.45, 2.75) is 0 Å². The van der Waals surface area contributed by atoms with Crippen LogP contribution in [0.5, 0.6) is 0 Å². The van der Waals surface area contributed by atoms with Crippen LogP contribution in [0.2, 0.25) is 10.0 Å². The molecule has 4 nitrogen and oxygen atoms in total. The summed E-state index contributed by atoms with van der Waals surface area (Å²) in [4.78, 5) is 24.2. The number of benzene rings is 3. The van der Waals surface area contributed by atoms with Gasteiger partial charge >= 0.3 is 0 Å². The molecular formula is C24H18Cl2N2O2. The van der Waals surface area contributed by atoms with Gasteiger partial charge in [-0.05, 0) is 59.7 Å². The van der Waals surface area contributed by atoms with Crippen LogP contribution in [0.25, 0.3) is 12.2 Å². The Morgan fingerprint density at radius 3 is 1.33 bits per heavy atom. The molecule has 0 unspecified atom stereocenters. The van der Waals surface area contributed by atoms with E-state index in [-0.39, 0.29) is 11.8 Å². The minimum Gasteiger partial charge on any atom is -0.323 e. The Morgan fingerprint density at radius 2 is 0.967 bits per heavy atom. The van der Waals surface area contributed by atoms with Gasteiger partial charge in [0.15, 0.2) is 0 Å². The zero-order valence-corrected chi connectivity index (χ0v) is 17.3. The molecule has 6 heteroatoms. The van der Waals surface area contributed by atoms with Crippen molar-refractivity contribution in [2.75, 3.05) is 10.6 Å². The lowest BCUT2D eigenvalue weighted by Crippen LogP contribution is -2.09. The third-order valence-corrected chi connectivity index (χ3v) is 4.75. The number of halogens is 2. The zero-order valence-electron chi connectivity index (χ0n) is 15.8. The molecule has 0 saturated carbocycles. The van der Waals surface area contributed by atoms with Gasteiger partial charge in [0.1, 0.15) is 0 Å². The monoisotopic (exact) mass is 436 g/mol. The lowest BCUT2D eigenvalue weighted by atomic mass is 10.2. The van der Waals surface area contributed by atoms with Gasteiger partial charge in [0.2, 0.25) is 11.8 Å². The lowest BCUT2D eigenvalue weighted by molar-refractivity contribution is -0.112. The highest BCUT2D eigenvalue weighted by Gasteiger charge is 2.02. The van der Waals surface area contributed by atoms with Crippen LogP contribution >= 0.6 is 23.2 Å². The molecule has 3 rings (SSSR count). The van der Waals surface area contributed by atoms with E-state index in [0.29, 0.717) is 21.4 Å². The second-order valence-corrected chi connectivity index (χ2v) is 7.08. The van der Waals surface area contributed by atoms with E-state index in [2.05, 4.69) is 10.6 Å². The average molecular weight is 437 g/mol. The van der Waals surface area contributed by atoms with Gasteiger partial charge in [-0.15, -0.1) is 0 Å². The van der Waals surface area contributed by atoms with Gasteiger partial charge in [0.05, 0.1) is 0 Å². The number of rotatable bonds is 6. The predicted octanol–water partition coefficient (Wildman–Crippen LogP) is 6.30. The minimum absolute atomic E-state index is 0.283. The number of anilines is 2. The summed E-state index contributed by atoms with van der Waals surface area (Å²) in [6, 6.07) is 21.3. The number of hydrogen-bond acceptors (Lipinski definition) is 2. The summed E-state index contributed by atoms with van der Waals surface area (Å²) in [5, 5.41) is 6.66. The summed E-state index contributed by atoms with van der Waals surface area (Å²) in [5.41, 5.74) is 2.73. The first-order valence-electron chi connectivity index (χ1n) is 9.08. The fourth-order valence-corrected chi connectivity index (χ4v) is 2.95. The number of carbonyl (C=O) groups excluding carboxylic acids is 2. The standard InChI is InChI=1S/C24H18Cl2N2O2/c25-21-7-3-1-5-17(21)9-15-23(29)27-19-11-13-20(14-12-19)28-24(30)16-10-18-6-2-4-8-22(18)26/h1-16H,(H,27,29)(H,28,30). The predicted molar refractivity (Wildman–Crippen MR) is 125 cm³/mol. The third-order valence-electron chi connectivity index (χ3n) is 4.06. The van der Waals surface area contributed by atoms with Gasteiger partial charge in [-0.2, -0.15) is 0 Å². The first kappa shape index (κ1) is 21.4. The van der Waals surface area contributed by atoms with Crippen molar-refractivity contribution >= 4 is 58.5 Å². The largest absolute Gasteiger partial charge is 0.323 e. The normalized spacial score (nSPS) is 11.0. The Labute approximate surface area is 184 Å². The molecule has 0 radical (unpaired) electrons. The van der Waals surface area contributed by atoms with Crippen LogP contribution in [0.4, 0.5) is 11.4 Å². The smallest absolute Gasteiger partial charge is 0.248 e. The molecule has 150 valence electrons. The van der Waals surface area contributed by atoms with Crippen LogP contribution in [0.1, 0.15) is 11.1 Å². The van der Waals surface area contributed by atoms with Crippen molar-refractivity contribution in [1.82, 2.24) is 0 Å². The molecule has 0 aromatic heterocycles. The van der Waals surface area contributed by atoms with Crippen molar-refractivity contribution < 1.29 is 9.59 Å². The summed E-state index contributed by atoms with van der Waals surface area (Å²) in [6.07, 6.45) is 6.13. The van der Waals surface area contributed by atoms with Crippen molar-refractivity contribution in [3.8, 4) is 0 Å². The molecular weight excluding hydrogens is 419 g/mol. The van der Waals surface area contributed by atoms with Gasteiger partial charge in [0, 0.05) is 33.6 Å². The Balaban J connectivity index is 1.54. The molecule has 0 aliphatic heterocycles. The Bertz CT molecular complexity index is 1020. The van der Waals surface area contributed by atoms with Crippen LogP contribution in [0, 0.1) is 0 Å². The van der Waals surface area contributed by atoms with Gasteiger partial charge in [-0.3, -0.25) is 9.59 Å². The van der Waals surface area contributed by atoms with Crippen LogP contribution in [0.15, 0.2) is 84.9 Å². The molecule has 3 aromatic carbocycles. The van der Waals surface area contributed by atoms with Crippen LogP contribution in [-0.4, -0.2) is 11.8 Å². The van der Waals surface area contributed by atoms with Crippen LogP contribution in [0.3, 0.4) is 0 Å². The molecule has 0 aliphatic carbocycles. The number of hydrogen-bond donors (Lipinski definition) is 2. The number of nitrogens with one attached hydrogen (secondary N) is 2. The van der Waals surface area contributed by atoms with E-state index >= 15 is 0 Å². The fourth-order valence-electron chi connectivity index (χ4n) is 2.56. The SMILES string of the molecule is O=C(C=Cc1ccccc1Cl)Nc1ccc(NC(=O)C=Cc2ccccc2Cl)cc1. The average Bonchev–Trinajstić information content (AvgIpc) is 2.74. The van der Waals surface area contributed by atoms with Crippen LogP contribution in [-0.2, 0) is 9.59 Å². The third kappa shape index (κ3) is 6.34. The van der Waals surface area contributed by atoms with Gasteiger partial charge in [0.25, 0.3) is 0 Å². The molecule has 30 heavy (non-hydrogen) atoms. The first-order chi connectivity index (χ1) is 14.5. The quantitative estimate of drug-likeness (QED) is 0.445.